The summed E-state index contributed by atoms with van der Waals surface area (Å²) in [4.78, 5) is 15.2. The molecule has 0 radical (unpaired) electrons. The minimum Gasteiger partial charge on any atom is -0.478 e. The smallest absolute Gasteiger partial charge is 0.337 e. The Labute approximate surface area is 113 Å². The number of aryl methyl sites for hydroxylation is 1. The van der Waals surface area contributed by atoms with Crippen LogP contribution in [0.15, 0.2) is 23.6 Å². The van der Waals surface area contributed by atoms with Crippen LogP contribution in [0.5, 0.6) is 10.9 Å². The Balaban J connectivity index is 2.24. The van der Waals surface area contributed by atoms with E-state index in [4.69, 9.17) is 21.4 Å². The van der Waals surface area contributed by atoms with Crippen LogP contribution in [0.25, 0.3) is 0 Å². The van der Waals surface area contributed by atoms with Gasteiger partial charge in [-0.05, 0) is 24.6 Å². The summed E-state index contributed by atoms with van der Waals surface area (Å²) in [5, 5.41) is 11.5. The molecular formula is C12H10ClNO3S. The molecule has 2 aromatic rings. The highest BCUT2D eigenvalue weighted by Gasteiger charge is 2.11. The highest BCUT2D eigenvalue weighted by molar-refractivity contribution is 7.11. The first-order valence-electron chi connectivity index (χ1n) is 5.25. The lowest BCUT2D eigenvalue weighted by atomic mass is 10.2. The molecule has 0 atom stereocenters. The second-order valence-electron chi connectivity index (χ2n) is 3.51. The predicted octanol–water partition coefficient (Wildman–Crippen LogP) is 3.85. The molecule has 0 aliphatic heterocycles. The van der Waals surface area contributed by atoms with Crippen LogP contribution in [0.2, 0.25) is 5.02 Å². The third-order valence-electron chi connectivity index (χ3n) is 2.27. The number of carboxylic acid groups (broad SMARTS) is 1. The van der Waals surface area contributed by atoms with Crippen LogP contribution in [-0.4, -0.2) is 16.1 Å². The number of benzene rings is 1. The largest absolute Gasteiger partial charge is 0.478 e. The van der Waals surface area contributed by atoms with Crippen molar-refractivity contribution in [3.05, 3.63) is 39.9 Å². The van der Waals surface area contributed by atoms with Gasteiger partial charge in [0.1, 0.15) is 5.75 Å². The van der Waals surface area contributed by atoms with E-state index in [1.54, 1.807) is 6.07 Å². The van der Waals surface area contributed by atoms with Crippen molar-refractivity contribution in [3.8, 4) is 10.9 Å². The summed E-state index contributed by atoms with van der Waals surface area (Å²) in [7, 11) is 0. The normalized spacial score (nSPS) is 10.3. The third-order valence-corrected chi connectivity index (χ3v) is 3.36. The first-order valence-corrected chi connectivity index (χ1v) is 6.51. The Kier molecular flexibility index (Phi) is 3.84. The number of ether oxygens (including phenoxy) is 1. The molecule has 0 spiro atoms. The maximum Gasteiger partial charge on any atom is 0.337 e. The second-order valence-corrected chi connectivity index (χ2v) is 4.74. The quantitative estimate of drug-likeness (QED) is 0.926. The van der Waals surface area contributed by atoms with Crippen molar-refractivity contribution in [2.45, 2.75) is 13.3 Å². The van der Waals surface area contributed by atoms with E-state index < -0.39 is 5.97 Å². The zero-order chi connectivity index (χ0) is 13.1. The number of hydrogen-bond donors (Lipinski definition) is 1. The molecule has 2 rings (SSSR count). The number of aromatic carboxylic acids is 1. The number of aromatic nitrogens is 1. The lowest BCUT2D eigenvalue weighted by molar-refractivity contribution is 0.0696. The summed E-state index contributed by atoms with van der Waals surface area (Å²) < 4.78 is 5.49. The fourth-order valence-corrected chi connectivity index (χ4v) is 2.30. The summed E-state index contributed by atoms with van der Waals surface area (Å²) in [5.74, 6) is -0.673. The van der Waals surface area contributed by atoms with Gasteiger partial charge in [0.05, 0.1) is 16.3 Å². The molecular weight excluding hydrogens is 274 g/mol. The Morgan fingerprint density at radius 1 is 1.56 bits per heavy atom. The minimum absolute atomic E-state index is 0.0152. The monoisotopic (exact) mass is 283 g/mol. The van der Waals surface area contributed by atoms with E-state index in [9.17, 15) is 4.79 Å². The van der Waals surface area contributed by atoms with Crippen molar-refractivity contribution in [1.29, 1.82) is 0 Å². The molecule has 1 aromatic carbocycles. The maximum absolute atomic E-state index is 10.9. The third kappa shape index (κ3) is 2.80. The molecule has 94 valence electrons. The summed E-state index contributed by atoms with van der Waals surface area (Å²) in [6, 6.07) is 4.49. The molecule has 18 heavy (non-hydrogen) atoms. The van der Waals surface area contributed by atoms with Crippen molar-refractivity contribution in [2.75, 3.05) is 0 Å². The summed E-state index contributed by atoms with van der Waals surface area (Å²) >= 11 is 7.15. The van der Waals surface area contributed by atoms with E-state index in [1.807, 2.05) is 12.3 Å². The van der Waals surface area contributed by atoms with Gasteiger partial charge in [-0.1, -0.05) is 29.9 Å². The first kappa shape index (κ1) is 12.9. The average molecular weight is 284 g/mol. The molecule has 1 heterocycles. The average Bonchev–Trinajstić information content (AvgIpc) is 2.79. The van der Waals surface area contributed by atoms with Gasteiger partial charge in [-0.15, -0.1) is 0 Å². The number of carboxylic acids is 1. The molecule has 4 nitrogen and oxygen atoms in total. The van der Waals surface area contributed by atoms with Gasteiger partial charge in [0.2, 0.25) is 0 Å². The van der Waals surface area contributed by atoms with E-state index in [-0.39, 0.29) is 10.6 Å². The van der Waals surface area contributed by atoms with Gasteiger partial charge in [0, 0.05) is 5.38 Å². The van der Waals surface area contributed by atoms with E-state index >= 15 is 0 Å². The van der Waals surface area contributed by atoms with E-state index in [0.717, 1.165) is 12.1 Å². The van der Waals surface area contributed by atoms with Crippen molar-refractivity contribution in [2.24, 2.45) is 0 Å². The van der Waals surface area contributed by atoms with Crippen LogP contribution >= 0.6 is 22.9 Å². The van der Waals surface area contributed by atoms with Crippen LogP contribution in [0.4, 0.5) is 0 Å². The minimum atomic E-state index is -1.08. The van der Waals surface area contributed by atoms with Gasteiger partial charge in [0.25, 0.3) is 5.19 Å². The highest BCUT2D eigenvalue weighted by atomic mass is 35.5. The highest BCUT2D eigenvalue weighted by Crippen LogP contribution is 2.28. The SMILES string of the molecule is CCc1csc(Oc2ccc(Cl)c(C(=O)O)c2)n1. The Hall–Kier alpha value is -1.59. The molecule has 0 amide bonds. The Morgan fingerprint density at radius 2 is 2.33 bits per heavy atom. The molecule has 0 unspecified atom stereocenters. The lowest BCUT2D eigenvalue weighted by Crippen LogP contribution is -1.97. The summed E-state index contributed by atoms with van der Waals surface area (Å²) in [6.07, 6.45) is 0.834. The fraction of sp³-hybridized carbons (Fsp3) is 0.167. The second kappa shape index (κ2) is 5.37. The Bertz CT molecular complexity index is 582. The van der Waals surface area contributed by atoms with Gasteiger partial charge in [-0.3, -0.25) is 0 Å². The molecule has 0 saturated carbocycles. The van der Waals surface area contributed by atoms with Crippen LogP contribution in [0, 0.1) is 0 Å². The number of rotatable bonds is 4. The van der Waals surface area contributed by atoms with Gasteiger partial charge in [-0.2, -0.15) is 0 Å². The maximum atomic E-state index is 10.9. The number of carbonyl (C=O) groups is 1. The molecule has 0 fully saturated rings. The van der Waals surface area contributed by atoms with Crippen LogP contribution in [0.3, 0.4) is 0 Å². The molecule has 1 N–H and O–H groups in total. The standard InChI is InChI=1S/C12H10ClNO3S/c1-2-7-6-18-12(14-7)17-8-3-4-10(13)9(5-8)11(15)16/h3-6H,2H2,1H3,(H,15,16). The van der Waals surface area contributed by atoms with Gasteiger partial charge < -0.3 is 9.84 Å². The van der Waals surface area contributed by atoms with E-state index in [0.29, 0.717) is 10.9 Å². The Morgan fingerprint density at radius 3 is 2.94 bits per heavy atom. The molecule has 0 saturated heterocycles. The molecule has 0 bridgehead atoms. The van der Waals surface area contributed by atoms with Gasteiger partial charge in [0.15, 0.2) is 0 Å². The van der Waals surface area contributed by atoms with E-state index in [2.05, 4.69) is 4.98 Å². The fourth-order valence-electron chi connectivity index (χ4n) is 1.33. The number of nitrogens with zero attached hydrogens (tertiary/aromatic N) is 1. The zero-order valence-electron chi connectivity index (χ0n) is 9.51. The number of hydrogen-bond acceptors (Lipinski definition) is 4. The van der Waals surface area contributed by atoms with Crippen LogP contribution in [0.1, 0.15) is 23.0 Å². The number of thiazole rings is 1. The summed E-state index contributed by atoms with van der Waals surface area (Å²) in [6.45, 7) is 2.00. The molecule has 6 heteroatoms. The van der Waals surface area contributed by atoms with Crippen molar-refractivity contribution in [3.63, 3.8) is 0 Å². The van der Waals surface area contributed by atoms with Crippen molar-refractivity contribution < 1.29 is 14.6 Å². The van der Waals surface area contributed by atoms with Gasteiger partial charge in [-0.25, -0.2) is 9.78 Å². The number of halogens is 1. The topological polar surface area (TPSA) is 59.4 Å². The van der Waals surface area contributed by atoms with Crippen molar-refractivity contribution in [1.82, 2.24) is 4.98 Å². The predicted molar refractivity (Wildman–Crippen MR) is 70.0 cm³/mol. The molecule has 0 aliphatic carbocycles. The van der Waals surface area contributed by atoms with Crippen LogP contribution < -0.4 is 4.74 Å². The summed E-state index contributed by atoms with van der Waals surface area (Å²) in [5.41, 5.74) is 0.962. The molecule has 1 aromatic heterocycles. The van der Waals surface area contributed by atoms with Crippen molar-refractivity contribution >= 4 is 28.9 Å². The van der Waals surface area contributed by atoms with Crippen LogP contribution in [-0.2, 0) is 6.42 Å². The van der Waals surface area contributed by atoms with E-state index in [1.165, 1.54) is 23.5 Å². The van der Waals surface area contributed by atoms with Gasteiger partial charge >= 0.3 is 5.97 Å². The zero-order valence-corrected chi connectivity index (χ0v) is 11.1. The first-order chi connectivity index (χ1) is 8.60. The molecule has 0 aliphatic rings. The lowest BCUT2D eigenvalue weighted by Gasteiger charge is -2.04.